The minimum absolute atomic E-state index is 0.116. The number of hydrogen-bond acceptors (Lipinski definition) is 5. The van der Waals surface area contributed by atoms with Crippen LogP contribution < -0.4 is 0 Å². The van der Waals surface area contributed by atoms with Gasteiger partial charge in [0, 0.05) is 31.8 Å². The number of nitrogens with zero attached hydrogens (tertiary/aromatic N) is 5. The van der Waals surface area contributed by atoms with E-state index >= 15 is 0 Å². The third kappa shape index (κ3) is 2.81. The molecular weight excluding hydrogens is 342 g/mol. The first-order valence-corrected chi connectivity index (χ1v) is 9.30. The van der Waals surface area contributed by atoms with E-state index in [4.69, 9.17) is 5.10 Å². The van der Waals surface area contributed by atoms with Gasteiger partial charge in [-0.25, -0.2) is 0 Å². The zero-order valence-electron chi connectivity index (χ0n) is 16.2. The molecule has 142 valence electrons. The Morgan fingerprint density at radius 3 is 2.63 bits per heavy atom. The molecule has 4 rings (SSSR count). The van der Waals surface area contributed by atoms with Gasteiger partial charge in [-0.15, -0.1) is 0 Å². The number of carbonyl (C=O) groups excluding carboxylic acids is 1. The molecule has 27 heavy (non-hydrogen) atoms. The summed E-state index contributed by atoms with van der Waals surface area (Å²) >= 11 is 0. The van der Waals surface area contributed by atoms with E-state index in [-0.39, 0.29) is 17.2 Å². The summed E-state index contributed by atoms with van der Waals surface area (Å²) in [7, 11) is 1.81. The largest absolute Gasteiger partial charge is 0.506 e. The molecule has 0 atom stereocenters. The molecule has 7 nitrogen and oxygen atoms in total. The van der Waals surface area contributed by atoms with E-state index in [0.29, 0.717) is 5.69 Å². The van der Waals surface area contributed by atoms with Crippen molar-refractivity contribution in [2.24, 2.45) is 4.99 Å². The monoisotopic (exact) mass is 367 g/mol. The second-order valence-corrected chi connectivity index (χ2v) is 8.37. The third-order valence-electron chi connectivity index (χ3n) is 5.45. The van der Waals surface area contributed by atoms with Crippen molar-refractivity contribution < 1.29 is 9.90 Å². The predicted octanol–water partition coefficient (Wildman–Crippen LogP) is 2.48. The zero-order valence-corrected chi connectivity index (χ0v) is 16.2. The highest BCUT2D eigenvalue weighted by Crippen LogP contribution is 2.50. The molecule has 3 heterocycles. The quantitative estimate of drug-likeness (QED) is 0.903. The maximum Gasteiger partial charge on any atom is 0.275 e. The van der Waals surface area contributed by atoms with Crippen molar-refractivity contribution in [1.82, 2.24) is 19.7 Å². The lowest BCUT2D eigenvalue weighted by Gasteiger charge is -2.27. The molecule has 0 aromatic carbocycles. The van der Waals surface area contributed by atoms with Crippen molar-refractivity contribution in [2.45, 2.75) is 51.1 Å². The second-order valence-electron chi connectivity index (χ2n) is 8.37. The van der Waals surface area contributed by atoms with Crippen molar-refractivity contribution in [1.29, 1.82) is 0 Å². The first-order chi connectivity index (χ1) is 12.7. The SMILES string of the molecule is CN(C(=O)c1nn(C(C)(C)C)c2c1C=NCC2)C1(c2ccc(O)cn2)CC1. The van der Waals surface area contributed by atoms with Gasteiger partial charge in [0.05, 0.1) is 28.7 Å². The number of amides is 1. The van der Waals surface area contributed by atoms with Crippen LogP contribution in [0.1, 0.15) is 61.1 Å². The van der Waals surface area contributed by atoms with Crippen molar-refractivity contribution in [3.05, 3.63) is 41.0 Å². The molecule has 1 aliphatic carbocycles. The summed E-state index contributed by atoms with van der Waals surface area (Å²) in [6.45, 7) is 6.99. The molecule has 0 radical (unpaired) electrons. The fourth-order valence-corrected chi connectivity index (χ4v) is 3.78. The van der Waals surface area contributed by atoms with E-state index in [1.165, 1.54) is 6.20 Å². The lowest BCUT2D eigenvalue weighted by molar-refractivity contribution is 0.0693. The fourth-order valence-electron chi connectivity index (χ4n) is 3.78. The summed E-state index contributed by atoms with van der Waals surface area (Å²) in [5, 5.41) is 14.2. The average molecular weight is 367 g/mol. The van der Waals surface area contributed by atoms with Gasteiger partial charge in [-0.3, -0.25) is 19.5 Å². The first kappa shape index (κ1) is 17.7. The topological polar surface area (TPSA) is 83.6 Å². The first-order valence-electron chi connectivity index (χ1n) is 9.30. The van der Waals surface area contributed by atoms with Gasteiger partial charge in [-0.05, 0) is 45.7 Å². The molecule has 1 amide bonds. The Balaban J connectivity index is 1.72. The molecule has 2 aliphatic rings. The number of aromatic hydroxyl groups is 1. The highest BCUT2D eigenvalue weighted by Gasteiger charge is 2.52. The van der Waals surface area contributed by atoms with Gasteiger partial charge in [-0.1, -0.05) is 0 Å². The van der Waals surface area contributed by atoms with Crippen LogP contribution in [-0.4, -0.2) is 50.5 Å². The van der Waals surface area contributed by atoms with Gasteiger partial charge in [0.1, 0.15) is 5.75 Å². The smallest absolute Gasteiger partial charge is 0.275 e. The summed E-state index contributed by atoms with van der Waals surface area (Å²) in [5.41, 5.74) is 2.53. The molecule has 2 aromatic rings. The van der Waals surface area contributed by atoms with Gasteiger partial charge in [0.15, 0.2) is 5.69 Å². The Kier molecular flexibility index (Phi) is 3.87. The number of hydrogen-bond donors (Lipinski definition) is 1. The molecule has 1 N–H and O–H groups in total. The number of aliphatic imine (C=N–C) groups is 1. The van der Waals surface area contributed by atoms with Crippen molar-refractivity contribution in [3.8, 4) is 5.75 Å². The average Bonchev–Trinajstić information content (AvgIpc) is 3.34. The van der Waals surface area contributed by atoms with Crippen molar-refractivity contribution >= 4 is 12.1 Å². The maximum atomic E-state index is 13.4. The van der Waals surface area contributed by atoms with E-state index in [0.717, 1.165) is 42.8 Å². The van der Waals surface area contributed by atoms with Gasteiger partial charge in [0.25, 0.3) is 5.91 Å². The Hall–Kier alpha value is -2.70. The van der Waals surface area contributed by atoms with Gasteiger partial charge in [0.2, 0.25) is 0 Å². The van der Waals surface area contributed by atoms with E-state index < -0.39 is 5.54 Å². The van der Waals surface area contributed by atoms with Gasteiger partial charge in [-0.2, -0.15) is 5.10 Å². The number of pyridine rings is 1. The standard InChI is InChI=1S/C20H25N5O2/c1-19(2,3)25-15-7-10-21-12-14(15)17(23-25)18(27)24(4)20(8-9-20)16-6-5-13(26)11-22-16/h5-6,11-12,26H,7-10H2,1-4H3. The highest BCUT2D eigenvalue weighted by atomic mass is 16.3. The lowest BCUT2D eigenvalue weighted by Crippen LogP contribution is -2.38. The van der Waals surface area contributed by atoms with E-state index in [9.17, 15) is 9.90 Å². The fraction of sp³-hybridized carbons (Fsp3) is 0.500. The molecule has 2 aromatic heterocycles. The molecular formula is C20H25N5O2. The van der Waals surface area contributed by atoms with E-state index in [1.54, 1.807) is 23.2 Å². The molecule has 0 bridgehead atoms. The molecule has 1 fully saturated rings. The molecule has 1 aliphatic heterocycles. The van der Waals surface area contributed by atoms with Gasteiger partial charge < -0.3 is 10.0 Å². The van der Waals surface area contributed by atoms with Crippen LogP contribution in [0.25, 0.3) is 0 Å². The van der Waals surface area contributed by atoms with Gasteiger partial charge >= 0.3 is 0 Å². The Morgan fingerprint density at radius 2 is 2.04 bits per heavy atom. The molecule has 0 spiro atoms. The Labute approximate surface area is 158 Å². The maximum absolute atomic E-state index is 13.4. The number of carbonyl (C=O) groups is 1. The summed E-state index contributed by atoms with van der Waals surface area (Å²) < 4.78 is 1.97. The normalized spacial score (nSPS) is 17.5. The molecule has 0 unspecified atom stereocenters. The minimum Gasteiger partial charge on any atom is -0.506 e. The van der Waals surface area contributed by atoms with Crippen molar-refractivity contribution in [3.63, 3.8) is 0 Å². The van der Waals surface area contributed by atoms with Crippen LogP contribution in [0.15, 0.2) is 23.3 Å². The van der Waals surface area contributed by atoms with E-state index in [2.05, 4.69) is 30.7 Å². The van der Waals surface area contributed by atoms with Crippen LogP contribution in [-0.2, 0) is 17.5 Å². The van der Waals surface area contributed by atoms with E-state index in [1.807, 2.05) is 11.7 Å². The molecule has 7 heteroatoms. The summed E-state index contributed by atoms with van der Waals surface area (Å²) in [5.74, 6) is 0.00714. The summed E-state index contributed by atoms with van der Waals surface area (Å²) in [6, 6.07) is 3.40. The van der Waals surface area contributed by atoms with Crippen LogP contribution in [0.2, 0.25) is 0 Å². The Morgan fingerprint density at radius 1 is 1.30 bits per heavy atom. The zero-order chi connectivity index (χ0) is 19.4. The highest BCUT2D eigenvalue weighted by molar-refractivity contribution is 6.02. The molecule has 0 saturated heterocycles. The lowest BCUT2D eigenvalue weighted by atomic mass is 10.0. The number of aromatic nitrogens is 3. The van der Waals surface area contributed by atoms with Crippen LogP contribution in [0, 0.1) is 0 Å². The van der Waals surface area contributed by atoms with Crippen molar-refractivity contribution in [2.75, 3.05) is 13.6 Å². The minimum atomic E-state index is -0.422. The number of rotatable bonds is 3. The van der Waals surface area contributed by atoms with Crippen LogP contribution in [0.3, 0.4) is 0 Å². The second kappa shape index (κ2) is 5.90. The Bertz CT molecular complexity index is 917. The number of fused-ring (bicyclic) bond motifs is 1. The summed E-state index contributed by atoms with van der Waals surface area (Å²) in [4.78, 5) is 23.9. The van der Waals surface area contributed by atoms with Crippen LogP contribution in [0.5, 0.6) is 5.75 Å². The predicted molar refractivity (Wildman–Crippen MR) is 102 cm³/mol. The van der Waals surface area contributed by atoms with Crippen LogP contribution >= 0.6 is 0 Å². The summed E-state index contributed by atoms with van der Waals surface area (Å²) in [6.07, 6.45) is 5.70. The molecule has 1 saturated carbocycles. The van der Waals surface area contributed by atoms with Crippen LogP contribution in [0.4, 0.5) is 0 Å². The third-order valence-corrected chi connectivity index (χ3v) is 5.45.